The molecule has 0 saturated carbocycles. The molecule has 0 amide bonds. The maximum atomic E-state index is 5.97. The SMILES string of the molecule is C=Bc1cnn2c(N)cc(N[C@H]3CCNC3)nc12. The molecule has 1 aliphatic heterocycles. The second-order valence-corrected chi connectivity index (χ2v) is 4.44. The topological polar surface area (TPSA) is 80.3 Å². The number of aromatic nitrogens is 3. The molecule has 1 atom stereocenters. The van der Waals surface area contributed by atoms with Crippen LogP contribution in [0.5, 0.6) is 0 Å². The molecule has 1 aliphatic rings. The van der Waals surface area contributed by atoms with E-state index in [4.69, 9.17) is 5.73 Å². The van der Waals surface area contributed by atoms with E-state index in [-0.39, 0.29) is 0 Å². The summed E-state index contributed by atoms with van der Waals surface area (Å²) >= 11 is 0. The van der Waals surface area contributed by atoms with Gasteiger partial charge in [-0.3, -0.25) is 0 Å². The first-order chi connectivity index (χ1) is 8.78. The van der Waals surface area contributed by atoms with Gasteiger partial charge in [-0.2, -0.15) is 0 Å². The van der Waals surface area contributed by atoms with Crippen LogP contribution in [-0.4, -0.2) is 47.1 Å². The van der Waals surface area contributed by atoms with Crippen LogP contribution in [0.25, 0.3) is 5.65 Å². The summed E-state index contributed by atoms with van der Waals surface area (Å²) in [6.45, 7) is 7.48. The van der Waals surface area contributed by atoms with Crippen molar-refractivity contribution in [1.29, 1.82) is 0 Å². The summed E-state index contributed by atoms with van der Waals surface area (Å²) in [4.78, 5) is 4.54. The van der Waals surface area contributed by atoms with Crippen molar-refractivity contribution in [3.8, 4) is 0 Å². The fraction of sp³-hybridized carbons (Fsp3) is 0.364. The molecule has 3 heterocycles. The van der Waals surface area contributed by atoms with E-state index in [2.05, 4.69) is 27.2 Å². The summed E-state index contributed by atoms with van der Waals surface area (Å²) in [5.41, 5.74) is 7.59. The molecule has 92 valence electrons. The quantitative estimate of drug-likeness (QED) is 0.592. The molecule has 18 heavy (non-hydrogen) atoms. The molecule has 0 aliphatic carbocycles. The van der Waals surface area contributed by atoms with E-state index < -0.39 is 0 Å². The number of hydrogen-bond acceptors (Lipinski definition) is 5. The predicted molar refractivity (Wildman–Crippen MR) is 74.8 cm³/mol. The van der Waals surface area contributed by atoms with Gasteiger partial charge in [0.05, 0.1) is 0 Å². The Balaban J connectivity index is 1.99. The third-order valence-corrected chi connectivity index (χ3v) is 3.16. The summed E-state index contributed by atoms with van der Waals surface area (Å²) in [7, 11) is 0. The number of nitrogen functional groups attached to an aromatic ring is 1. The fourth-order valence-corrected chi connectivity index (χ4v) is 2.21. The van der Waals surface area contributed by atoms with Gasteiger partial charge in [0.25, 0.3) is 0 Å². The molecule has 2 aromatic heterocycles. The number of hydrogen-bond donors (Lipinski definition) is 3. The minimum absolute atomic E-state index is 0.412. The average molecular weight is 242 g/mol. The fourth-order valence-electron chi connectivity index (χ4n) is 2.21. The Morgan fingerprint density at radius 1 is 1.61 bits per heavy atom. The van der Waals surface area contributed by atoms with Crippen molar-refractivity contribution in [3.63, 3.8) is 0 Å². The summed E-state index contributed by atoms with van der Waals surface area (Å²) in [5, 5.41) is 10.9. The van der Waals surface area contributed by atoms with Crippen LogP contribution in [-0.2, 0) is 0 Å². The average Bonchev–Trinajstić information content (AvgIpc) is 2.98. The molecule has 6 nitrogen and oxygen atoms in total. The number of nitrogens with zero attached hydrogens (tertiary/aromatic N) is 3. The van der Waals surface area contributed by atoms with Crippen molar-refractivity contribution < 1.29 is 0 Å². The van der Waals surface area contributed by atoms with E-state index >= 15 is 0 Å². The molecule has 7 heteroatoms. The predicted octanol–water partition coefficient (Wildman–Crippen LogP) is -1.15. The first kappa shape index (κ1) is 11.2. The van der Waals surface area contributed by atoms with Gasteiger partial charge < -0.3 is 0 Å². The Morgan fingerprint density at radius 2 is 2.50 bits per heavy atom. The normalized spacial score (nSPS) is 19.0. The second-order valence-electron chi connectivity index (χ2n) is 4.44. The van der Waals surface area contributed by atoms with Crippen LogP contribution < -0.4 is 21.8 Å². The molecule has 1 fully saturated rings. The molecule has 0 bridgehead atoms. The number of nitrogens with one attached hydrogen (secondary N) is 2. The summed E-state index contributed by atoms with van der Waals surface area (Å²) < 4.78 is 1.62. The standard InChI is InChI=1S/C11H15BN6/c1-12-8-6-15-18-9(13)4-10(17-11(8)18)16-7-2-3-14-5-7/h4,6-7,14H,1-3,5,13H2,(H,16,17)/t7-/m0/s1. The molecule has 0 unspecified atom stereocenters. The zero-order valence-electron chi connectivity index (χ0n) is 10.1. The van der Waals surface area contributed by atoms with Gasteiger partial charge in [0.1, 0.15) is 0 Å². The van der Waals surface area contributed by atoms with Gasteiger partial charge in [-0.1, -0.05) is 0 Å². The molecule has 4 N–H and O–H groups in total. The van der Waals surface area contributed by atoms with Crippen LogP contribution in [0.15, 0.2) is 12.3 Å². The first-order valence-electron chi connectivity index (χ1n) is 6.02. The van der Waals surface area contributed by atoms with Crippen molar-refractivity contribution in [2.75, 3.05) is 24.1 Å². The van der Waals surface area contributed by atoms with Crippen LogP contribution in [0.2, 0.25) is 0 Å². The van der Waals surface area contributed by atoms with Crippen LogP contribution in [0.4, 0.5) is 11.6 Å². The Kier molecular flexibility index (Phi) is 2.75. The summed E-state index contributed by atoms with van der Waals surface area (Å²) in [6, 6.07) is 2.22. The molecule has 3 rings (SSSR count). The third-order valence-electron chi connectivity index (χ3n) is 3.16. The Morgan fingerprint density at radius 3 is 3.22 bits per heavy atom. The molecular formula is C11H15BN6. The summed E-state index contributed by atoms with van der Waals surface area (Å²) in [5.74, 6) is 1.36. The number of rotatable bonds is 3. The van der Waals surface area contributed by atoms with Crippen LogP contribution in [0, 0.1) is 0 Å². The van der Waals surface area contributed by atoms with Crippen molar-refractivity contribution in [1.82, 2.24) is 19.9 Å². The summed E-state index contributed by atoms with van der Waals surface area (Å²) in [6.07, 6.45) is 2.81. The monoisotopic (exact) mass is 242 g/mol. The molecule has 1 saturated heterocycles. The number of fused-ring (bicyclic) bond motifs is 1. The van der Waals surface area contributed by atoms with Crippen LogP contribution >= 0.6 is 0 Å². The van der Waals surface area contributed by atoms with Gasteiger partial charge in [0.2, 0.25) is 0 Å². The van der Waals surface area contributed by atoms with E-state index in [1.54, 1.807) is 17.6 Å². The van der Waals surface area contributed by atoms with E-state index in [9.17, 15) is 0 Å². The molecule has 0 spiro atoms. The molecule has 0 radical (unpaired) electrons. The van der Waals surface area contributed by atoms with E-state index in [0.29, 0.717) is 11.9 Å². The first-order valence-corrected chi connectivity index (χ1v) is 6.02. The van der Waals surface area contributed by atoms with Gasteiger partial charge in [0.15, 0.2) is 0 Å². The third kappa shape index (κ3) is 1.86. The van der Waals surface area contributed by atoms with Crippen LogP contribution in [0.1, 0.15) is 6.42 Å². The number of anilines is 2. The van der Waals surface area contributed by atoms with E-state index in [1.807, 2.05) is 6.07 Å². The second kappa shape index (κ2) is 4.42. The minimum atomic E-state index is 0.412. The van der Waals surface area contributed by atoms with E-state index in [0.717, 1.165) is 36.4 Å². The van der Waals surface area contributed by atoms with Gasteiger partial charge in [-0.05, 0) is 0 Å². The Hall–Kier alpha value is -1.89. The van der Waals surface area contributed by atoms with Gasteiger partial charge in [-0.15, -0.1) is 0 Å². The number of nitrogens with two attached hydrogens (primary N) is 1. The zero-order valence-corrected chi connectivity index (χ0v) is 10.1. The van der Waals surface area contributed by atoms with E-state index in [1.165, 1.54) is 0 Å². The zero-order chi connectivity index (χ0) is 12.5. The van der Waals surface area contributed by atoms with Gasteiger partial charge in [0, 0.05) is 0 Å². The van der Waals surface area contributed by atoms with Gasteiger partial charge >= 0.3 is 105 Å². The molecule has 0 aromatic carbocycles. The maximum absolute atomic E-state index is 5.97. The Bertz CT molecular complexity index is 586. The van der Waals surface area contributed by atoms with Crippen molar-refractivity contribution in [3.05, 3.63) is 12.3 Å². The molecule has 2 aromatic rings. The van der Waals surface area contributed by atoms with Crippen molar-refractivity contribution >= 4 is 36.1 Å². The van der Waals surface area contributed by atoms with Crippen molar-refractivity contribution in [2.45, 2.75) is 12.5 Å². The van der Waals surface area contributed by atoms with Crippen LogP contribution in [0.3, 0.4) is 0 Å². The van der Waals surface area contributed by atoms with Crippen molar-refractivity contribution in [2.24, 2.45) is 0 Å². The molecular weight excluding hydrogens is 227 g/mol. The van der Waals surface area contributed by atoms with Gasteiger partial charge in [-0.25, -0.2) is 0 Å². The Labute approximate surface area is 105 Å².